The van der Waals surface area contributed by atoms with Crippen LogP contribution in [0.1, 0.15) is 72.9 Å². The lowest BCUT2D eigenvalue weighted by atomic mass is 9.85. The smallest absolute Gasteiger partial charge is 0.319 e. The molecule has 0 aliphatic carbocycles. The van der Waals surface area contributed by atoms with Gasteiger partial charge in [0.1, 0.15) is 5.03 Å². The van der Waals surface area contributed by atoms with Gasteiger partial charge < -0.3 is 5.73 Å². The molecule has 0 spiro atoms. The molecule has 0 fully saturated rings. The summed E-state index contributed by atoms with van der Waals surface area (Å²) in [7, 11) is 0. The molecule has 2 aromatic rings. The van der Waals surface area contributed by atoms with Crippen LogP contribution in [0.25, 0.3) is 0 Å². The van der Waals surface area contributed by atoms with E-state index < -0.39 is 6.03 Å². The Morgan fingerprint density at radius 3 is 2.22 bits per heavy atom. The van der Waals surface area contributed by atoms with E-state index in [1.807, 2.05) is 25.5 Å². The third-order valence-corrected chi connectivity index (χ3v) is 7.38. The molecule has 0 bridgehead atoms. The van der Waals surface area contributed by atoms with E-state index >= 15 is 0 Å². The van der Waals surface area contributed by atoms with Gasteiger partial charge in [-0.3, -0.25) is 4.90 Å². The first-order valence-electron chi connectivity index (χ1n) is 11.5. The largest absolute Gasteiger partial charge is 0.351 e. The quantitative estimate of drug-likeness (QED) is 0.273. The molecule has 0 aliphatic heterocycles. The van der Waals surface area contributed by atoms with Crippen molar-refractivity contribution in [1.29, 1.82) is 0 Å². The van der Waals surface area contributed by atoms with Crippen LogP contribution in [-0.2, 0) is 0 Å². The van der Waals surface area contributed by atoms with Crippen LogP contribution in [0.5, 0.6) is 0 Å². The Hall–Kier alpha value is -1.66. The van der Waals surface area contributed by atoms with Crippen LogP contribution < -0.4 is 10.6 Å². The van der Waals surface area contributed by atoms with Crippen molar-refractivity contribution in [2.24, 2.45) is 5.73 Å². The summed E-state index contributed by atoms with van der Waals surface area (Å²) >= 11 is 3.20. The van der Waals surface area contributed by atoms with Crippen molar-refractivity contribution in [3.63, 3.8) is 0 Å². The van der Waals surface area contributed by atoms with Crippen LogP contribution in [0.3, 0.4) is 0 Å². The molecule has 1 aromatic heterocycles. The number of aromatic nitrogens is 1. The number of carbonyl (C=O) groups is 1. The molecule has 0 radical (unpaired) electrons. The van der Waals surface area contributed by atoms with Crippen molar-refractivity contribution in [3.05, 3.63) is 46.1 Å². The number of anilines is 1. The number of carbonyl (C=O) groups excluding carboxylic acids is 1. The van der Waals surface area contributed by atoms with Gasteiger partial charge in [0.15, 0.2) is 0 Å². The Morgan fingerprint density at radius 1 is 1.03 bits per heavy atom. The zero-order valence-corrected chi connectivity index (χ0v) is 22.4. The lowest BCUT2D eigenvalue weighted by Gasteiger charge is -2.31. The Labute approximate surface area is 203 Å². The molecule has 0 saturated carbocycles. The Bertz CT molecular complexity index is 881. The van der Waals surface area contributed by atoms with E-state index in [0.29, 0.717) is 6.54 Å². The number of nitrogens with two attached hydrogens (primary N) is 1. The monoisotopic (exact) mass is 473 g/mol. The zero-order chi connectivity index (χ0) is 23.8. The molecule has 1 unspecified atom stereocenters. The van der Waals surface area contributed by atoms with Crippen LogP contribution >= 0.6 is 23.5 Å². The molecule has 1 aromatic carbocycles. The highest BCUT2D eigenvalue weighted by Gasteiger charge is 2.27. The van der Waals surface area contributed by atoms with E-state index in [-0.39, 0.29) is 5.92 Å². The molecule has 32 heavy (non-hydrogen) atoms. The minimum absolute atomic E-state index is 0.227. The number of unbranched alkanes of at least 4 members (excludes halogenated alkanes) is 3. The number of pyridine rings is 1. The van der Waals surface area contributed by atoms with Gasteiger partial charge >= 0.3 is 6.03 Å². The molecular weight excluding hydrogens is 434 g/mol. The SMILES string of the molecule is CCCCCCC(CN(C(N)=O)c1c(SC)cc(C)nc1SC)c1c(C)cc(C)cc1C. The van der Waals surface area contributed by atoms with Crippen molar-refractivity contribution < 1.29 is 4.79 Å². The first-order chi connectivity index (χ1) is 15.2. The van der Waals surface area contributed by atoms with Gasteiger partial charge in [-0.2, -0.15) is 0 Å². The molecule has 2 rings (SSSR count). The van der Waals surface area contributed by atoms with Gasteiger partial charge in [0, 0.05) is 23.1 Å². The summed E-state index contributed by atoms with van der Waals surface area (Å²) in [5, 5.41) is 0.857. The summed E-state index contributed by atoms with van der Waals surface area (Å²) in [5.41, 5.74) is 13.0. The zero-order valence-electron chi connectivity index (χ0n) is 20.7. The average molecular weight is 474 g/mol. The van der Waals surface area contributed by atoms with E-state index in [1.54, 1.807) is 28.4 Å². The lowest BCUT2D eigenvalue weighted by molar-refractivity contribution is 0.253. The highest BCUT2D eigenvalue weighted by atomic mass is 32.2. The fourth-order valence-electron chi connectivity index (χ4n) is 4.65. The summed E-state index contributed by atoms with van der Waals surface area (Å²) in [4.78, 5) is 20.3. The van der Waals surface area contributed by atoms with Crippen molar-refractivity contribution in [3.8, 4) is 0 Å². The normalized spacial score (nSPS) is 12.1. The summed E-state index contributed by atoms with van der Waals surface area (Å²) < 4.78 is 0. The Kier molecular flexibility index (Phi) is 10.4. The number of hydrogen-bond acceptors (Lipinski definition) is 4. The second-order valence-electron chi connectivity index (χ2n) is 8.63. The maximum Gasteiger partial charge on any atom is 0.319 e. The number of hydrogen-bond donors (Lipinski definition) is 1. The fourth-order valence-corrected chi connectivity index (χ4v) is 6.05. The highest BCUT2D eigenvalue weighted by Crippen LogP contribution is 2.39. The maximum absolute atomic E-state index is 12.8. The predicted octanol–water partition coefficient (Wildman–Crippen LogP) is 7.40. The van der Waals surface area contributed by atoms with Crippen LogP contribution in [0.15, 0.2) is 28.1 Å². The number of amides is 2. The third-order valence-electron chi connectivity index (χ3n) is 5.96. The van der Waals surface area contributed by atoms with Crippen molar-refractivity contribution in [2.75, 3.05) is 24.0 Å². The van der Waals surface area contributed by atoms with Crippen LogP contribution in [0.2, 0.25) is 0 Å². The van der Waals surface area contributed by atoms with Crippen molar-refractivity contribution in [1.82, 2.24) is 4.98 Å². The van der Waals surface area contributed by atoms with Gasteiger partial charge in [0.25, 0.3) is 0 Å². The molecule has 2 amide bonds. The number of nitrogens with zero attached hydrogens (tertiary/aromatic N) is 2. The van der Waals surface area contributed by atoms with E-state index in [4.69, 9.17) is 10.7 Å². The molecule has 6 heteroatoms. The van der Waals surface area contributed by atoms with Crippen molar-refractivity contribution >= 4 is 35.2 Å². The van der Waals surface area contributed by atoms with E-state index in [2.05, 4.69) is 39.8 Å². The van der Waals surface area contributed by atoms with E-state index in [1.165, 1.54) is 41.5 Å². The minimum Gasteiger partial charge on any atom is -0.351 e. The predicted molar refractivity (Wildman–Crippen MR) is 142 cm³/mol. The fraction of sp³-hybridized carbons (Fsp3) is 0.538. The summed E-state index contributed by atoms with van der Waals surface area (Å²) in [5.74, 6) is 0.227. The molecule has 0 saturated heterocycles. The van der Waals surface area contributed by atoms with Gasteiger partial charge in [0.05, 0.1) is 5.69 Å². The number of rotatable bonds is 11. The molecule has 1 atom stereocenters. The van der Waals surface area contributed by atoms with Crippen molar-refractivity contribution in [2.45, 2.75) is 82.6 Å². The molecule has 1 heterocycles. The first-order valence-corrected chi connectivity index (χ1v) is 13.9. The summed E-state index contributed by atoms with van der Waals surface area (Å²) in [6, 6.07) is 6.14. The number of aryl methyl sites for hydroxylation is 4. The number of urea groups is 1. The third kappa shape index (κ3) is 6.67. The van der Waals surface area contributed by atoms with Crippen LogP contribution in [0.4, 0.5) is 10.5 Å². The maximum atomic E-state index is 12.8. The van der Waals surface area contributed by atoms with Gasteiger partial charge in [-0.25, -0.2) is 9.78 Å². The summed E-state index contributed by atoms with van der Waals surface area (Å²) in [6.07, 6.45) is 9.90. The van der Waals surface area contributed by atoms with Crippen LogP contribution in [0, 0.1) is 27.7 Å². The second kappa shape index (κ2) is 12.5. The second-order valence-corrected chi connectivity index (χ2v) is 10.3. The summed E-state index contributed by atoms with van der Waals surface area (Å²) in [6.45, 7) is 11.3. The highest BCUT2D eigenvalue weighted by molar-refractivity contribution is 7.99. The van der Waals surface area contributed by atoms with Crippen LogP contribution in [-0.4, -0.2) is 30.1 Å². The van der Waals surface area contributed by atoms with E-state index in [9.17, 15) is 4.79 Å². The standard InChI is InChI=1S/C26H39N3OS2/c1-8-9-10-11-12-21(23-18(3)13-17(2)14-19(23)4)16-29(26(27)30)24-22(31-6)15-20(5)28-25(24)32-7/h13-15,21H,8-12,16H2,1-7H3,(H2,27,30). The molecule has 0 aliphatic rings. The van der Waals surface area contributed by atoms with E-state index in [0.717, 1.165) is 34.1 Å². The number of primary amides is 1. The first kappa shape index (κ1) is 26.6. The molecular formula is C26H39N3OS2. The van der Waals surface area contributed by atoms with Gasteiger partial charge in [-0.1, -0.05) is 50.3 Å². The molecule has 176 valence electrons. The molecule has 4 nitrogen and oxygen atoms in total. The molecule has 2 N–H and O–H groups in total. The topological polar surface area (TPSA) is 59.2 Å². The minimum atomic E-state index is -0.415. The van der Waals surface area contributed by atoms with Gasteiger partial charge in [0.2, 0.25) is 0 Å². The Balaban J connectivity index is 2.53. The van der Waals surface area contributed by atoms with Gasteiger partial charge in [-0.05, 0) is 69.4 Å². The van der Waals surface area contributed by atoms with Gasteiger partial charge in [-0.15, -0.1) is 23.5 Å². The Morgan fingerprint density at radius 2 is 1.69 bits per heavy atom. The average Bonchev–Trinajstić information content (AvgIpc) is 2.73. The number of thioether (sulfide) groups is 2. The number of benzene rings is 1. The lowest BCUT2D eigenvalue weighted by Crippen LogP contribution is -2.40.